The summed E-state index contributed by atoms with van der Waals surface area (Å²) in [6, 6.07) is 4.95. The molecule has 6 rings (SSSR count). The van der Waals surface area contributed by atoms with Gasteiger partial charge in [0.05, 0.1) is 16.6 Å². The van der Waals surface area contributed by atoms with E-state index < -0.39 is 12.0 Å². The van der Waals surface area contributed by atoms with Crippen molar-refractivity contribution in [2.75, 3.05) is 5.32 Å². The molecule has 0 radical (unpaired) electrons. The highest BCUT2D eigenvalue weighted by molar-refractivity contribution is 5.97. The van der Waals surface area contributed by atoms with Gasteiger partial charge in [-0.1, -0.05) is 6.07 Å². The van der Waals surface area contributed by atoms with Crippen LogP contribution >= 0.6 is 0 Å². The fraction of sp³-hybridized carbons (Fsp3) is 0.571. The van der Waals surface area contributed by atoms with Crippen LogP contribution in [-0.2, 0) is 10.3 Å². The highest BCUT2D eigenvalue weighted by Crippen LogP contribution is 2.64. The SMILES string of the molecule is Cc1ccc(NC(=O)C23C[C@H]4C[C@@H](C2)CC(n2cncn2)(C4)C3)c(OC(F)F)c1. The minimum atomic E-state index is -2.94. The summed E-state index contributed by atoms with van der Waals surface area (Å²) in [5, 5.41) is 7.33. The average Bonchev–Trinajstić information content (AvgIpc) is 3.18. The number of carbonyl (C=O) groups is 1. The van der Waals surface area contributed by atoms with E-state index in [4.69, 9.17) is 0 Å². The monoisotopic (exact) mass is 402 g/mol. The average molecular weight is 402 g/mol. The number of anilines is 1. The maximum absolute atomic E-state index is 13.5. The first kappa shape index (κ1) is 18.5. The molecule has 1 amide bonds. The van der Waals surface area contributed by atoms with Crippen LogP contribution in [0.3, 0.4) is 0 Å². The Morgan fingerprint density at radius 1 is 1.28 bits per heavy atom. The number of rotatable bonds is 5. The van der Waals surface area contributed by atoms with Crippen LogP contribution < -0.4 is 10.1 Å². The normalized spacial score (nSPS) is 32.6. The van der Waals surface area contributed by atoms with Crippen molar-refractivity contribution in [3.8, 4) is 5.75 Å². The molecule has 4 fully saturated rings. The molecular formula is C21H24F2N4O2. The number of aromatic nitrogens is 3. The van der Waals surface area contributed by atoms with Crippen LogP contribution in [-0.4, -0.2) is 27.3 Å². The predicted molar refractivity (Wildman–Crippen MR) is 102 cm³/mol. The number of carbonyl (C=O) groups excluding carboxylic acids is 1. The number of amides is 1. The zero-order chi connectivity index (χ0) is 20.2. The molecule has 4 aliphatic rings. The third-order valence-electron chi connectivity index (χ3n) is 7.02. The maximum Gasteiger partial charge on any atom is 0.387 e. The summed E-state index contributed by atoms with van der Waals surface area (Å²) < 4.78 is 32.3. The number of hydrogen-bond acceptors (Lipinski definition) is 4. The lowest BCUT2D eigenvalue weighted by molar-refractivity contribution is -0.150. The molecule has 4 bridgehead atoms. The number of alkyl halides is 2. The summed E-state index contributed by atoms with van der Waals surface area (Å²) in [5.41, 5.74) is 0.404. The highest BCUT2D eigenvalue weighted by atomic mass is 19.3. The van der Waals surface area contributed by atoms with Gasteiger partial charge in [0.25, 0.3) is 0 Å². The zero-order valence-electron chi connectivity index (χ0n) is 16.3. The van der Waals surface area contributed by atoms with Gasteiger partial charge in [-0.3, -0.25) is 4.79 Å². The largest absolute Gasteiger partial charge is 0.433 e. The Morgan fingerprint density at radius 2 is 2.03 bits per heavy atom. The second-order valence-corrected chi connectivity index (χ2v) is 9.14. The highest BCUT2D eigenvalue weighted by Gasteiger charge is 2.61. The summed E-state index contributed by atoms with van der Waals surface area (Å²) in [6.07, 6.45) is 8.87. The van der Waals surface area contributed by atoms with Crippen molar-refractivity contribution in [1.29, 1.82) is 0 Å². The number of ether oxygens (including phenoxy) is 1. The van der Waals surface area contributed by atoms with Crippen molar-refractivity contribution in [2.24, 2.45) is 17.3 Å². The van der Waals surface area contributed by atoms with Gasteiger partial charge in [0.1, 0.15) is 18.4 Å². The fourth-order valence-electron chi connectivity index (χ4n) is 6.38. The molecule has 2 aromatic rings. The van der Waals surface area contributed by atoms with E-state index in [2.05, 4.69) is 20.1 Å². The quantitative estimate of drug-likeness (QED) is 0.817. The van der Waals surface area contributed by atoms with Gasteiger partial charge in [-0.25, -0.2) is 9.67 Å². The van der Waals surface area contributed by atoms with E-state index in [1.54, 1.807) is 31.7 Å². The molecular weight excluding hydrogens is 378 g/mol. The first-order chi connectivity index (χ1) is 13.9. The second kappa shape index (κ2) is 6.50. The molecule has 0 saturated heterocycles. The zero-order valence-corrected chi connectivity index (χ0v) is 16.3. The topological polar surface area (TPSA) is 69.0 Å². The maximum atomic E-state index is 13.5. The van der Waals surface area contributed by atoms with E-state index in [0.717, 1.165) is 37.7 Å². The van der Waals surface area contributed by atoms with Crippen molar-refractivity contribution < 1.29 is 18.3 Å². The van der Waals surface area contributed by atoms with Crippen molar-refractivity contribution >= 4 is 11.6 Å². The smallest absolute Gasteiger partial charge is 0.387 e. The Bertz CT molecular complexity index is 917. The lowest BCUT2D eigenvalue weighted by atomic mass is 9.46. The molecule has 4 atom stereocenters. The molecule has 0 spiro atoms. The van der Waals surface area contributed by atoms with Crippen LogP contribution in [0.1, 0.15) is 44.1 Å². The number of nitrogens with zero attached hydrogens (tertiary/aromatic N) is 3. The molecule has 4 aliphatic carbocycles. The lowest BCUT2D eigenvalue weighted by Crippen LogP contribution is -2.60. The predicted octanol–water partition coefficient (Wildman–Crippen LogP) is 4.12. The van der Waals surface area contributed by atoms with E-state index in [9.17, 15) is 13.6 Å². The second-order valence-electron chi connectivity index (χ2n) is 9.14. The Hall–Kier alpha value is -2.51. The summed E-state index contributed by atoms with van der Waals surface area (Å²) in [7, 11) is 0. The van der Waals surface area contributed by atoms with Crippen LogP contribution in [0.5, 0.6) is 5.75 Å². The number of benzene rings is 1. The van der Waals surface area contributed by atoms with Crippen LogP contribution in [0.15, 0.2) is 30.9 Å². The van der Waals surface area contributed by atoms with Gasteiger partial charge in [0, 0.05) is 0 Å². The van der Waals surface area contributed by atoms with Gasteiger partial charge >= 0.3 is 6.61 Å². The Balaban J connectivity index is 1.45. The molecule has 29 heavy (non-hydrogen) atoms. The summed E-state index contributed by atoms with van der Waals surface area (Å²) in [4.78, 5) is 17.6. The Labute approximate surface area is 167 Å². The van der Waals surface area contributed by atoms with Gasteiger partial charge in [-0.2, -0.15) is 13.9 Å². The molecule has 1 aromatic heterocycles. The van der Waals surface area contributed by atoms with Crippen LogP contribution in [0.2, 0.25) is 0 Å². The molecule has 1 heterocycles. The number of aryl methyl sites for hydroxylation is 1. The van der Waals surface area contributed by atoms with Crippen molar-refractivity contribution in [3.63, 3.8) is 0 Å². The van der Waals surface area contributed by atoms with Crippen molar-refractivity contribution in [2.45, 2.75) is 57.6 Å². The standard InChI is InChI=1S/C21H24F2N4O2/c1-13-2-3-16(17(4-13)29-19(22)23)26-18(28)20-6-14-5-15(7-20)9-21(8-14,10-20)27-12-24-11-25-27/h2-4,11-12,14-15,19H,5-10H2,1H3,(H,26,28)/t14-,15+,20?,21?. The lowest BCUT2D eigenvalue weighted by Gasteiger charge is -2.60. The minimum absolute atomic E-state index is 0.00377. The summed E-state index contributed by atoms with van der Waals surface area (Å²) in [6.45, 7) is -1.15. The number of nitrogens with one attached hydrogen (secondary N) is 1. The molecule has 1 aromatic carbocycles. The van der Waals surface area contributed by atoms with Gasteiger partial charge in [-0.05, 0) is 75.0 Å². The van der Waals surface area contributed by atoms with Gasteiger partial charge in [0.2, 0.25) is 5.91 Å². The van der Waals surface area contributed by atoms with Crippen molar-refractivity contribution in [1.82, 2.24) is 14.8 Å². The van der Waals surface area contributed by atoms with Gasteiger partial charge < -0.3 is 10.1 Å². The summed E-state index contributed by atoms with van der Waals surface area (Å²) in [5.74, 6) is 0.852. The van der Waals surface area contributed by atoms with Crippen LogP contribution in [0, 0.1) is 24.2 Å². The first-order valence-corrected chi connectivity index (χ1v) is 10.1. The first-order valence-electron chi connectivity index (χ1n) is 10.1. The number of hydrogen-bond donors (Lipinski definition) is 1. The molecule has 1 N–H and O–H groups in total. The molecule has 4 saturated carbocycles. The Morgan fingerprint density at radius 3 is 2.69 bits per heavy atom. The van der Waals surface area contributed by atoms with Crippen molar-refractivity contribution in [3.05, 3.63) is 36.4 Å². The van der Waals surface area contributed by atoms with Crippen LogP contribution in [0.25, 0.3) is 0 Å². The Kier molecular flexibility index (Phi) is 4.15. The third kappa shape index (κ3) is 3.09. The van der Waals surface area contributed by atoms with E-state index in [-0.39, 0.29) is 17.2 Å². The molecule has 6 nitrogen and oxygen atoms in total. The van der Waals surface area contributed by atoms with E-state index >= 15 is 0 Å². The molecule has 0 aliphatic heterocycles. The van der Waals surface area contributed by atoms with Gasteiger partial charge in [0.15, 0.2) is 0 Å². The minimum Gasteiger partial charge on any atom is -0.433 e. The van der Waals surface area contributed by atoms with Gasteiger partial charge in [-0.15, -0.1) is 0 Å². The van der Waals surface area contributed by atoms with E-state index in [1.807, 2.05) is 4.68 Å². The molecule has 8 heteroatoms. The number of halogens is 2. The van der Waals surface area contributed by atoms with E-state index in [0.29, 0.717) is 23.9 Å². The molecule has 2 unspecified atom stereocenters. The molecule has 154 valence electrons. The van der Waals surface area contributed by atoms with E-state index in [1.165, 1.54) is 6.07 Å². The fourth-order valence-corrected chi connectivity index (χ4v) is 6.38. The summed E-state index contributed by atoms with van der Waals surface area (Å²) >= 11 is 0. The van der Waals surface area contributed by atoms with Crippen LogP contribution in [0.4, 0.5) is 14.5 Å². The third-order valence-corrected chi connectivity index (χ3v) is 7.02.